The van der Waals surface area contributed by atoms with Crippen LogP contribution in [0.15, 0.2) is 12.1 Å². The van der Waals surface area contributed by atoms with Gasteiger partial charge in [-0.15, -0.1) is 5.10 Å². The van der Waals surface area contributed by atoms with Crippen LogP contribution in [0.25, 0.3) is 0 Å². The number of nitrogens with one attached hydrogen (secondary N) is 1. The Kier molecular flexibility index (Phi) is 5.73. The van der Waals surface area contributed by atoms with E-state index in [-0.39, 0.29) is 0 Å². The number of aromatic nitrogens is 2. The summed E-state index contributed by atoms with van der Waals surface area (Å²) in [6.45, 7) is 12.8. The van der Waals surface area contributed by atoms with Crippen molar-refractivity contribution in [2.24, 2.45) is 0 Å². The SMILES string of the molecule is CCNCc1ccc(N2CCN(C(C)CC)CC2)nn1. The van der Waals surface area contributed by atoms with Crippen LogP contribution in [0.5, 0.6) is 0 Å². The number of anilines is 1. The molecule has 1 aromatic rings. The van der Waals surface area contributed by atoms with Crippen LogP contribution in [0, 0.1) is 0 Å². The lowest BCUT2D eigenvalue weighted by Gasteiger charge is -2.38. The van der Waals surface area contributed by atoms with Gasteiger partial charge >= 0.3 is 0 Å². The Labute approximate surface area is 122 Å². The number of hydrogen-bond acceptors (Lipinski definition) is 5. The van der Waals surface area contributed by atoms with E-state index in [0.717, 1.165) is 50.8 Å². The van der Waals surface area contributed by atoms with Gasteiger partial charge in [-0.05, 0) is 32.0 Å². The van der Waals surface area contributed by atoms with Gasteiger partial charge in [-0.2, -0.15) is 5.10 Å². The summed E-state index contributed by atoms with van der Waals surface area (Å²) in [7, 11) is 0. The largest absolute Gasteiger partial charge is 0.353 e. The molecule has 1 fully saturated rings. The van der Waals surface area contributed by atoms with Crippen molar-refractivity contribution in [3.05, 3.63) is 17.8 Å². The number of nitrogens with zero attached hydrogens (tertiary/aromatic N) is 4. The second kappa shape index (κ2) is 7.55. The summed E-state index contributed by atoms with van der Waals surface area (Å²) in [5.74, 6) is 1.01. The van der Waals surface area contributed by atoms with E-state index in [1.165, 1.54) is 6.42 Å². The van der Waals surface area contributed by atoms with Crippen molar-refractivity contribution in [3.8, 4) is 0 Å². The van der Waals surface area contributed by atoms with Gasteiger partial charge in [0.15, 0.2) is 5.82 Å². The molecule has 0 spiro atoms. The Morgan fingerprint density at radius 2 is 1.90 bits per heavy atom. The topological polar surface area (TPSA) is 44.3 Å². The van der Waals surface area contributed by atoms with Crippen LogP contribution in [-0.2, 0) is 6.54 Å². The molecule has 20 heavy (non-hydrogen) atoms. The highest BCUT2D eigenvalue weighted by Gasteiger charge is 2.20. The number of hydrogen-bond donors (Lipinski definition) is 1. The maximum atomic E-state index is 4.36. The minimum Gasteiger partial charge on any atom is -0.353 e. The first kappa shape index (κ1) is 15.2. The van der Waals surface area contributed by atoms with E-state index in [9.17, 15) is 0 Å². The zero-order valence-electron chi connectivity index (χ0n) is 13.0. The molecule has 112 valence electrons. The monoisotopic (exact) mass is 277 g/mol. The molecule has 0 amide bonds. The van der Waals surface area contributed by atoms with Crippen molar-refractivity contribution in [1.82, 2.24) is 20.4 Å². The van der Waals surface area contributed by atoms with Crippen molar-refractivity contribution < 1.29 is 0 Å². The van der Waals surface area contributed by atoms with Gasteiger partial charge in [-0.25, -0.2) is 0 Å². The van der Waals surface area contributed by atoms with Crippen molar-refractivity contribution in [2.45, 2.75) is 39.8 Å². The molecule has 1 aromatic heterocycles. The summed E-state index contributed by atoms with van der Waals surface area (Å²) in [5, 5.41) is 11.9. The minimum atomic E-state index is 0.686. The maximum Gasteiger partial charge on any atom is 0.151 e. The fourth-order valence-corrected chi connectivity index (χ4v) is 2.52. The van der Waals surface area contributed by atoms with Crippen molar-refractivity contribution in [3.63, 3.8) is 0 Å². The molecule has 0 saturated carbocycles. The normalized spacial score (nSPS) is 18.2. The van der Waals surface area contributed by atoms with Gasteiger partial charge in [-0.1, -0.05) is 13.8 Å². The third-order valence-corrected chi connectivity index (χ3v) is 4.11. The van der Waals surface area contributed by atoms with Gasteiger partial charge in [0.05, 0.1) is 5.69 Å². The summed E-state index contributed by atoms with van der Waals surface area (Å²) < 4.78 is 0. The zero-order valence-corrected chi connectivity index (χ0v) is 13.0. The van der Waals surface area contributed by atoms with Gasteiger partial charge in [0.25, 0.3) is 0 Å². The predicted molar refractivity (Wildman–Crippen MR) is 83.0 cm³/mol. The van der Waals surface area contributed by atoms with Crippen LogP contribution in [-0.4, -0.2) is 53.9 Å². The van der Waals surface area contributed by atoms with Gasteiger partial charge < -0.3 is 10.2 Å². The van der Waals surface area contributed by atoms with Crippen LogP contribution in [0.4, 0.5) is 5.82 Å². The molecule has 0 radical (unpaired) electrons. The highest BCUT2D eigenvalue weighted by molar-refractivity contribution is 5.37. The molecule has 2 heterocycles. The molecule has 5 heteroatoms. The van der Waals surface area contributed by atoms with Gasteiger partial charge in [0.2, 0.25) is 0 Å². The summed E-state index contributed by atoms with van der Waals surface area (Å²) in [6.07, 6.45) is 1.22. The van der Waals surface area contributed by atoms with Crippen molar-refractivity contribution in [1.29, 1.82) is 0 Å². The first-order valence-electron chi connectivity index (χ1n) is 7.77. The van der Waals surface area contributed by atoms with E-state index in [1.54, 1.807) is 0 Å². The van der Waals surface area contributed by atoms with E-state index < -0.39 is 0 Å². The Hall–Kier alpha value is -1.20. The summed E-state index contributed by atoms with van der Waals surface area (Å²) >= 11 is 0. The second-order valence-corrected chi connectivity index (χ2v) is 5.44. The molecular formula is C15H27N5. The molecule has 1 N–H and O–H groups in total. The molecule has 0 aromatic carbocycles. The van der Waals surface area contributed by atoms with Crippen molar-refractivity contribution >= 4 is 5.82 Å². The Morgan fingerprint density at radius 1 is 1.15 bits per heavy atom. The van der Waals surface area contributed by atoms with E-state index in [4.69, 9.17) is 0 Å². The van der Waals surface area contributed by atoms with E-state index in [1.807, 2.05) is 0 Å². The quantitative estimate of drug-likeness (QED) is 0.854. The fourth-order valence-electron chi connectivity index (χ4n) is 2.52. The molecule has 1 atom stereocenters. The van der Waals surface area contributed by atoms with Crippen LogP contribution in [0.3, 0.4) is 0 Å². The lowest BCUT2D eigenvalue weighted by atomic mass is 10.2. The first-order valence-corrected chi connectivity index (χ1v) is 7.77. The van der Waals surface area contributed by atoms with Crippen LogP contribution >= 0.6 is 0 Å². The van der Waals surface area contributed by atoms with E-state index >= 15 is 0 Å². The Balaban J connectivity index is 1.87. The second-order valence-electron chi connectivity index (χ2n) is 5.44. The Morgan fingerprint density at radius 3 is 2.45 bits per heavy atom. The molecule has 5 nitrogen and oxygen atoms in total. The predicted octanol–water partition coefficient (Wildman–Crippen LogP) is 1.51. The van der Waals surface area contributed by atoms with Crippen LogP contribution < -0.4 is 10.2 Å². The zero-order chi connectivity index (χ0) is 14.4. The van der Waals surface area contributed by atoms with Gasteiger partial charge in [0, 0.05) is 38.8 Å². The molecule has 1 aliphatic heterocycles. The maximum absolute atomic E-state index is 4.36. The standard InChI is InChI=1S/C15H27N5/c1-4-13(3)19-8-10-20(11-9-19)15-7-6-14(17-18-15)12-16-5-2/h6-7,13,16H,4-5,8-12H2,1-3H3. The van der Waals surface area contributed by atoms with Crippen LogP contribution in [0.2, 0.25) is 0 Å². The van der Waals surface area contributed by atoms with E-state index in [0.29, 0.717) is 6.04 Å². The lowest BCUT2D eigenvalue weighted by molar-refractivity contribution is 0.192. The average Bonchev–Trinajstić information content (AvgIpc) is 2.53. The minimum absolute atomic E-state index is 0.686. The van der Waals surface area contributed by atoms with Crippen LogP contribution in [0.1, 0.15) is 32.9 Å². The molecule has 0 aliphatic carbocycles. The first-order chi connectivity index (χ1) is 9.74. The van der Waals surface area contributed by atoms with E-state index in [2.05, 4.69) is 58.2 Å². The lowest BCUT2D eigenvalue weighted by Crippen LogP contribution is -2.49. The third-order valence-electron chi connectivity index (χ3n) is 4.11. The number of rotatable bonds is 6. The summed E-state index contributed by atoms with van der Waals surface area (Å²) in [6, 6.07) is 4.86. The highest BCUT2D eigenvalue weighted by atomic mass is 15.3. The molecular weight excluding hydrogens is 250 g/mol. The molecule has 1 aliphatic rings. The number of piperazine rings is 1. The smallest absolute Gasteiger partial charge is 0.151 e. The Bertz CT molecular complexity index is 384. The fraction of sp³-hybridized carbons (Fsp3) is 0.733. The molecule has 1 saturated heterocycles. The highest BCUT2D eigenvalue weighted by Crippen LogP contribution is 2.15. The average molecular weight is 277 g/mol. The van der Waals surface area contributed by atoms with Gasteiger partial charge in [-0.3, -0.25) is 4.90 Å². The summed E-state index contributed by atoms with van der Waals surface area (Å²) in [5.41, 5.74) is 1.01. The van der Waals surface area contributed by atoms with Crippen molar-refractivity contribution in [2.75, 3.05) is 37.6 Å². The summed E-state index contributed by atoms with van der Waals surface area (Å²) in [4.78, 5) is 4.90. The van der Waals surface area contributed by atoms with Gasteiger partial charge in [0.1, 0.15) is 0 Å². The molecule has 1 unspecified atom stereocenters. The molecule has 2 rings (SSSR count). The molecule has 0 bridgehead atoms. The third kappa shape index (κ3) is 3.90.